The van der Waals surface area contributed by atoms with E-state index in [1.54, 1.807) is 0 Å². The van der Waals surface area contributed by atoms with Gasteiger partial charge in [-0.1, -0.05) is 0 Å². The van der Waals surface area contributed by atoms with Crippen molar-refractivity contribution in [2.75, 3.05) is 26.1 Å². The molecular weight excluding hydrogens is 301 g/mol. The molecule has 1 rings (SSSR count). The average molecular weight is 319 g/mol. The first-order chi connectivity index (χ1) is 9.97. The number of nitrogens with two attached hydrogens (primary N) is 1. The number of anilines is 1. The number of rotatable bonds is 8. The Balaban J connectivity index is 2.92. The van der Waals surface area contributed by atoms with Gasteiger partial charge < -0.3 is 30.1 Å². The van der Waals surface area contributed by atoms with Crippen LogP contribution >= 0.6 is 8.38 Å². The van der Waals surface area contributed by atoms with Crippen LogP contribution in [0.1, 0.15) is 6.23 Å². The van der Waals surface area contributed by atoms with Gasteiger partial charge in [0, 0.05) is 13.3 Å². The fraction of sp³-hybridized carbons (Fsp3) is 0.455. The Morgan fingerprint density at radius 1 is 1.57 bits per heavy atom. The zero-order valence-electron chi connectivity index (χ0n) is 11.4. The second-order valence-electron chi connectivity index (χ2n) is 3.97. The van der Waals surface area contributed by atoms with Crippen LogP contribution in [0.4, 0.5) is 5.82 Å². The molecule has 0 amide bonds. The summed E-state index contributed by atoms with van der Waals surface area (Å²) in [6.45, 7) is -0.375. The van der Waals surface area contributed by atoms with E-state index in [9.17, 15) is 9.90 Å². The van der Waals surface area contributed by atoms with Gasteiger partial charge in [-0.2, -0.15) is 4.98 Å². The Labute approximate surface area is 122 Å². The Kier molecular flexibility index (Phi) is 7.44. The maximum absolute atomic E-state index is 11.8. The molecule has 0 aliphatic heterocycles. The van der Waals surface area contributed by atoms with Crippen molar-refractivity contribution >= 4 is 14.2 Å². The van der Waals surface area contributed by atoms with Crippen LogP contribution < -0.4 is 11.4 Å². The van der Waals surface area contributed by atoms with Crippen LogP contribution in [0, 0.1) is 0 Å². The second-order valence-corrected chi connectivity index (χ2v) is 4.91. The smallest absolute Gasteiger partial charge is 0.351 e. The third-order valence-corrected chi connectivity index (χ3v) is 2.86. The highest BCUT2D eigenvalue weighted by Crippen LogP contribution is 2.25. The first kappa shape index (κ1) is 17.7. The predicted molar refractivity (Wildman–Crippen MR) is 76.3 cm³/mol. The summed E-state index contributed by atoms with van der Waals surface area (Å²) in [4.78, 5) is 33.0. The number of nitrogen functional groups attached to an aromatic ring is 1. The third kappa shape index (κ3) is 5.88. The number of aromatic nitrogens is 2. The van der Waals surface area contributed by atoms with E-state index < -0.39 is 33.0 Å². The molecule has 0 saturated carbocycles. The molecule has 5 N–H and O–H groups in total. The Morgan fingerprint density at radius 2 is 2.29 bits per heavy atom. The van der Waals surface area contributed by atoms with Crippen molar-refractivity contribution in [2.45, 2.75) is 12.3 Å². The number of aliphatic hydroxyl groups is 1. The van der Waals surface area contributed by atoms with Crippen molar-refractivity contribution in [3.8, 4) is 0 Å². The molecule has 0 aromatic carbocycles. The van der Waals surface area contributed by atoms with Crippen molar-refractivity contribution < 1.29 is 24.4 Å². The molecule has 0 bridgehead atoms. The molecule has 0 radical (unpaired) electrons. The van der Waals surface area contributed by atoms with Crippen molar-refractivity contribution in [2.24, 2.45) is 0 Å². The van der Waals surface area contributed by atoms with Crippen molar-refractivity contribution in [3.63, 3.8) is 0 Å². The van der Waals surface area contributed by atoms with Crippen molar-refractivity contribution in [1.29, 1.82) is 0 Å². The lowest BCUT2D eigenvalue weighted by Crippen LogP contribution is -2.33. The molecule has 9 nitrogen and oxygen atoms in total. The molecule has 0 saturated heterocycles. The minimum absolute atomic E-state index is 0.0306. The van der Waals surface area contributed by atoms with Crippen molar-refractivity contribution in [3.05, 3.63) is 34.6 Å². The van der Waals surface area contributed by atoms with Gasteiger partial charge in [0.05, 0.1) is 13.2 Å². The maximum Gasteiger partial charge on any atom is 0.351 e. The molecule has 2 unspecified atom stereocenters. The molecule has 0 aliphatic rings. The number of ether oxygens (including phenoxy) is 2. The standard InChI is InChI=1S/C11H18N3O6P/c1-19-7-10(14-4-2-9(12)13-11(14)16)20-8(6-15)3-5-21(17)18/h2-5,8,10,15,17-18H,6-7H2,1H3,(H2,12,13,16)/b5-3+. The zero-order valence-corrected chi connectivity index (χ0v) is 12.3. The molecule has 0 spiro atoms. The summed E-state index contributed by atoms with van der Waals surface area (Å²) in [7, 11) is -0.809. The highest BCUT2D eigenvalue weighted by molar-refractivity contribution is 7.48. The summed E-state index contributed by atoms with van der Waals surface area (Å²) < 4.78 is 11.6. The molecule has 0 fully saturated rings. The molecule has 2 atom stereocenters. The van der Waals surface area contributed by atoms with E-state index in [1.807, 2.05) is 0 Å². The number of aliphatic hydroxyl groups excluding tert-OH is 1. The maximum atomic E-state index is 11.8. The molecule has 118 valence electrons. The molecular formula is C11H18N3O6P. The van der Waals surface area contributed by atoms with Crippen LogP contribution in [0.3, 0.4) is 0 Å². The number of methoxy groups -OCH3 is 1. The normalized spacial score (nSPS) is 14.7. The van der Waals surface area contributed by atoms with Gasteiger partial charge in [0.15, 0.2) is 14.6 Å². The predicted octanol–water partition coefficient (Wildman–Crippen LogP) is -0.842. The first-order valence-corrected chi connectivity index (χ1v) is 7.24. The van der Waals surface area contributed by atoms with Gasteiger partial charge in [-0.05, 0) is 18.0 Å². The lowest BCUT2D eigenvalue weighted by Gasteiger charge is -2.23. The quantitative estimate of drug-likeness (QED) is 0.455. The van der Waals surface area contributed by atoms with Gasteiger partial charge >= 0.3 is 5.69 Å². The molecule has 10 heteroatoms. The van der Waals surface area contributed by atoms with Gasteiger partial charge in [-0.25, -0.2) is 4.79 Å². The lowest BCUT2D eigenvalue weighted by molar-refractivity contribution is -0.0873. The average Bonchev–Trinajstić information content (AvgIpc) is 2.42. The van der Waals surface area contributed by atoms with Crippen molar-refractivity contribution in [1.82, 2.24) is 9.55 Å². The number of nitrogens with zero attached hydrogens (tertiary/aromatic N) is 2. The van der Waals surface area contributed by atoms with E-state index in [1.165, 1.54) is 25.4 Å². The minimum Gasteiger partial charge on any atom is -0.393 e. The topological polar surface area (TPSA) is 140 Å². The van der Waals surface area contributed by atoms with E-state index in [2.05, 4.69) is 4.98 Å². The fourth-order valence-corrected chi connectivity index (χ4v) is 1.84. The Bertz CT molecular complexity index is 521. The largest absolute Gasteiger partial charge is 0.393 e. The SMILES string of the molecule is COCC(OC(/C=C/P(O)O)CO)n1ccc(N)nc1=O. The number of hydrogen-bond acceptors (Lipinski definition) is 8. The summed E-state index contributed by atoms with van der Waals surface area (Å²) in [5.74, 6) is 1.18. The zero-order chi connectivity index (χ0) is 15.8. The first-order valence-electron chi connectivity index (χ1n) is 5.93. The van der Waals surface area contributed by atoms with E-state index in [-0.39, 0.29) is 12.4 Å². The molecule has 1 heterocycles. The highest BCUT2D eigenvalue weighted by Gasteiger charge is 2.18. The fourth-order valence-electron chi connectivity index (χ4n) is 1.50. The van der Waals surface area contributed by atoms with E-state index in [0.29, 0.717) is 0 Å². The van der Waals surface area contributed by atoms with E-state index in [4.69, 9.17) is 25.0 Å². The number of hydrogen-bond donors (Lipinski definition) is 4. The Morgan fingerprint density at radius 3 is 2.81 bits per heavy atom. The summed E-state index contributed by atoms with van der Waals surface area (Å²) >= 11 is 0. The van der Waals surface area contributed by atoms with Crippen LogP contribution in [0.25, 0.3) is 0 Å². The third-order valence-electron chi connectivity index (χ3n) is 2.42. The van der Waals surface area contributed by atoms with E-state index in [0.717, 1.165) is 10.4 Å². The van der Waals surface area contributed by atoms with Gasteiger partial charge in [-0.3, -0.25) is 4.57 Å². The molecule has 1 aromatic heterocycles. The van der Waals surface area contributed by atoms with Gasteiger partial charge in [-0.15, -0.1) is 0 Å². The summed E-state index contributed by atoms with van der Waals surface area (Å²) in [5.41, 5.74) is 4.79. The molecule has 21 heavy (non-hydrogen) atoms. The summed E-state index contributed by atoms with van der Waals surface area (Å²) in [6.07, 6.45) is 1.02. The lowest BCUT2D eigenvalue weighted by atomic mass is 10.3. The molecule has 1 aromatic rings. The minimum atomic E-state index is -2.24. The van der Waals surface area contributed by atoms with E-state index >= 15 is 0 Å². The van der Waals surface area contributed by atoms with Crippen LogP contribution in [-0.4, -0.2) is 50.9 Å². The highest BCUT2D eigenvalue weighted by atomic mass is 31.2. The molecule has 0 aliphatic carbocycles. The van der Waals surface area contributed by atoms with Gasteiger partial charge in [0.25, 0.3) is 0 Å². The monoisotopic (exact) mass is 319 g/mol. The van der Waals surface area contributed by atoms with Gasteiger partial charge in [0.2, 0.25) is 0 Å². The Hall–Kier alpha value is -1.35. The summed E-state index contributed by atoms with van der Waals surface area (Å²) in [6, 6.07) is 1.43. The summed E-state index contributed by atoms with van der Waals surface area (Å²) in [5, 5.41) is 9.22. The van der Waals surface area contributed by atoms with Crippen LogP contribution in [0.2, 0.25) is 0 Å². The second kappa shape index (κ2) is 8.83. The van der Waals surface area contributed by atoms with Gasteiger partial charge in [0.1, 0.15) is 11.9 Å². The van der Waals surface area contributed by atoms with Crippen LogP contribution in [0.15, 0.2) is 29.0 Å². The van der Waals surface area contributed by atoms with Crippen LogP contribution in [0.5, 0.6) is 0 Å². The van der Waals surface area contributed by atoms with Crippen LogP contribution in [-0.2, 0) is 9.47 Å².